The third kappa shape index (κ3) is 5.32. The topological polar surface area (TPSA) is 35.8 Å². The van der Waals surface area contributed by atoms with Gasteiger partial charge in [-0.15, -0.1) is 0 Å². The van der Waals surface area contributed by atoms with Crippen molar-refractivity contribution in [2.45, 2.75) is 20.4 Å². The Bertz CT molecular complexity index is 1010. The van der Waals surface area contributed by atoms with Crippen molar-refractivity contribution < 1.29 is 8.91 Å². The van der Waals surface area contributed by atoms with E-state index in [1.54, 1.807) is 18.2 Å². The number of aryl methyl sites for hydroxylation is 2. The maximum Gasteiger partial charge on any atom is 0.151 e. The van der Waals surface area contributed by atoms with Gasteiger partial charge < -0.3 is 9.42 Å². The van der Waals surface area contributed by atoms with Gasteiger partial charge in [-0.25, -0.2) is 4.39 Å². The third-order valence-electron chi connectivity index (χ3n) is 6.00. The number of likely N-dealkylation sites (N-methyl/N-ethyl adjacent to an activating group) is 1. The first-order valence-electron chi connectivity index (χ1n) is 10.9. The quantitative estimate of drug-likeness (QED) is 0.566. The van der Waals surface area contributed by atoms with Crippen molar-refractivity contribution in [3.05, 3.63) is 71.2 Å². The van der Waals surface area contributed by atoms with Crippen LogP contribution in [0.3, 0.4) is 0 Å². The molecule has 0 spiro atoms. The number of rotatable bonds is 7. The van der Waals surface area contributed by atoms with E-state index in [1.807, 2.05) is 6.07 Å². The second kappa shape index (κ2) is 9.62. The monoisotopic (exact) mass is 422 g/mol. The fourth-order valence-electron chi connectivity index (χ4n) is 4.21. The third-order valence-corrected chi connectivity index (χ3v) is 6.00. The number of halogens is 1. The average molecular weight is 423 g/mol. The van der Waals surface area contributed by atoms with E-state index in [0.29, 0.717) is 17.8 Å². The molecule has 0 radical (unpaired) electrons. The summed E-state index contributed by atoms with van der Waals surface area (Å²) in [5.74, 6) is 0.469. The molecule has 0 N–H and O–H groups in total. The molecule has 6 heteroatoms. The van der Waals surface area contributed by atoms with Crippen LogP contribution in [0.4, 0.5) is 10.1 Å². The molecule has 2 heterocycles. The Hall–Kier alpha value is -2.70. The smallest absolute Gasteiger partial charge is 0.151 e. The molecular formula is C25H31FN4O. The highest BCUT2D eigenvalue weighted by molar-refractivity contribution is 5.59. The standard InChI is InChI=1S/C25H31FN4O/c1-19-8-9-25(20(2)16-19)30-14-12-29(13-15-30)11-10-28(3)18-21-17-24(27-31-21)22-6-4-5-7-23(22)26/h4-9,16-17H,10-15,18H2,1-3H3. The Morgan fingerprint density at radius 3 is 2.55 bits per heavy atom. The van der Waals surface area contributed by atoms with Crippen molar-refractivity contribution in [1.82, 2.24) is 15.0 Å². The minimum atomic E-state index is -0.282. The Morgan fingerprint density at radius 2 is 1.81 bits per heavy atom. The summed E-state index contributed by atoms with van der Waals surface area (Å²) in [4.78, 5) is 7.23. The van der Waals surface area contributed by atoms with Crippen LogP contribution < -0.4 is 4.90 Å². The number of piperazine rings is 1. The average Bonchev–Trinajstić information content (AvgIpc) is 3.21. The van der Waals surface area contributed by atoms with Crippen LogP contribution in [-0.4, -0.2) is 61.3 Å². The van der Waals surface area contributed by atoms with Crippen molar-refractivity contribution in [3.8, 4) is 11.3 Å². The van der Waals surface area contributed by atoms with E-state index in [-0.39, 0.29) is 5.82 Å². The lowest BCUT2D eigenvalue weighted by Crippen LogP contribution is -2.48. The van der Waals surface area contributed by atoms with E-state index < -0.39 is 0 Å². The van der Waals surface area contributed by atoms with Gasteiger partial charge in [0, 0.05) is 56.6 Å². The largest absolute Gasteiger partial charge is 0.369 e. The molecule has 0 unspecified atom stereocenters. The molecular weight excluding hydrogens is 391 g/mol. The van der Waals surface area contributed by atoms with Crippen LogP contribution in [-0.2, 0) is 6.54 Å². The number of anilines is 1. The molecule has 2 aromatic carbocycles. The minimum Gasteiger partial charge on any atom is -0.369 e. The number of nitrogens with zero attached hydrogens (tertiary/aromatic N) is 4. The number of benzene rings is 2. The molecule has 0 atom stereocenters. The molecule has 4 rings (SSSR count). The maximum absolute atomic E-state index is 13.9. The molecule has 5 nitrogen and oxygen atoms in total. The number of aromatic nitrogens is 1. The van der Waals surface area contributed by atoms with Crippen LogP contribution in [0.1, 0.15) is 16.9 Å². The van der Waals surface area contributed by atoms with Gasteiger partial charge in [0.1, 0.15) is 11.5 Å². The summed E-state index contributed by atoms with van der Waals surface area (Å²) in [6.07, 6.45) is 0. The normalized spacial score (nSPS) is 15.1. The van der Waals surface area contributed by atoms with Crippen molar-refractivity contribution in [2.24, 2.45) is 0 Å². The summed E-state index contributed by atoms with van der Waals surface area (Å²) in [7, 11) is 2.08. The molecule has 0 aliphatic carbocycles. The predicted molar refractivity (Wildman–Crippen MR) is 123 cm³/mol. The van der Waals surface area contributed by atoms with Gasteiger partial charge in [0.25, 0.3) is 0 Å². The van der Waals surface area contributed by atoms with Gasteiger partial charge in [-0.05, 0) is 44.7 Å². The van der Waals surface area contributed by atoms with Gasteiger partial charge in [-0.1, -0.05) is 35.0 Å². The van der Waals surface area contributed by atoms with Crippen LogP contribution in [0.5, 0.6) is 0 Å². The lowest BCUT2D eigenvalue weighted by atomic mass is 10.1. The number of hydrogen-bond donors (Lipinski definition) is 0. The second-order valence-corrected chi connectivity index (χ2v) is 8.51. The Kier molecular flexibility index (Phi) is 6.68. The second-order valence-electron chi connectivity index (χ2n) is 8.51. The lowest BCUT2D eigenvalue weighted by Gasteiger charge is -2.37. The van der Waals surface area contributed by atoms with Gasteiger partial charge in [0.15, 0.2) is 5.76 Å². The summed E-state index contributed by atoms with van der Waals surface area (Å²) < 4.78 is 19.4. The first-order chi connectivity index (χ1) is 15.0. The fourth-order valence-corrected chi connectivity index (χ4v) is 4.21. The molecule has 0 amide bonds. The van der Waals surface area contributed by atoms with Gasteiger partial charge >= 0.3 is 0 Å². The fraction of sp³-hybridized carbons (Fsp3) is 0.400. The molecule has 31 heavy (non-hydrogen) atoms. The van der Waals surface area contributed by atoms with Gasteiger partial charge in [0.2, 0.25) is 0 Å². The van der Waals surface area contributed by atoms with Gasteiger partial charge in [-0.2, -0.15) is 0 Å². The van der Waals surface area contributed by atoms with Crippen molar-refractivity contribution in [3.63, 3.8) is 0 Å². The summed E-state index contributed by atoms with van der Waals surface area (Å²) in [5.41, 5.74) is 5.05. The van der Waals surface area contributed by atoms with Crippen LogP contribution in [0, 0.1) is 19.7 Å². The zero-order valence-electron chi connectivity index (χ0n) is 18.6. The van der Waals surface area contributed by atoms with E-state index in [0.717, 1.165) is 45.0 Å². The molecule has 3 aromatic rings. The van der Waals surface area contributed by atoms with E-state index >= 15 is 0 Å². The summed E-state index contributed by atoms with van der Waals surface area (Å²) in [6, 6.07) is 15.2. The summed E-state index contributed by atoms with van der Waals surface area (Å²) >= 11 is 0. The Labute approximate surface area is 184 Å². The predicted octanol–water partition coefficient (Wildman–Crippen LogP) is 4.35. The van der Waals surface area contributed by atoms with Crippen molar-refractivity contribution in [1.29, 1.82) is 0 Å². The first-order valence-corrected chi connectivity index (χ1v) is 10.9. The molecule has 1 aliphatic rings. The van der Waals surface area contributed by atoms with Crippen LogP contribution in [0.25, 0.3) is 11.3 Å². The molecule has 1 saturated heterocycles. The van der Waals surface area contributed by atoms with Crippen LogP contribution >= 0.6 is 0 Å². The number of hydrogen-bond acceptors (Lipinski definition) is 5. The first kappa shape index (κ1) is 21.5. The molecule has 0 bridgehead atoms. The highest BCUT2D eigenvalue weighted by Gasteiger charge is 2.19. The van der Waals surface area contributed by atoms with Crippen LogP contribution in [0.2, 0.25) is 0 Å². The van der Waals surface area contributed by atoms with E-state index in [4.69, 9.17) is 4.52 Å². The Morgan fingerprint density at radius 1 is 1.03 bits per heavy atom. The molecule has 0 saturated carbocycles. The van der Waals surface area contributed by atoms with E-state index in [1.165, 1.54) is 22.9 Å². The summed E-state index contributed by atoms with van der Waals surface area (Å²) in [6.45, 7) is 11.2. The van der Waals surface area contributed by atoms with Gasteiger partial charge in [0.05, 0.1) is 6.54 Å². The maximum atomic E-state index is 13.9. The lowest BCUT2D eigenvalue weighted by molar-refractivity contribution is 0.202. The highest BCUT2D eigenvalue weighted by Crippen LogP contribution is 2.23. The molecule has 1 aromatic heterocycles. The van der Waals surface area contributed by atoms with Crippen molar-refractivity contribution in [2.75, 3.05) is 51.2 Å². The van der Waals surface area contributed by atoms with E-state index in [9.17, 15) is 4.39 Å². The minimum absolute atomic E-state index is 0.282. The zero-order chi connectivity index (χ0) is 21.8. The molecule has 164 valence electrons. The molecule has 1 fully saturated rings. The van der Waals surface area contributed by atoms with Crippen LogP contribution in [0.15, 0.2) is 53.1 Å². The SMILES string of the molecule is Cc1ccc(N2CCN(CCN(C)Cc3cc(-c4ccccc4F)no3)CC2)c(C)c1. The summed E-state index contributed by atoms with van der Waals surface area (Å²) in [5, 5.41) is 4.04. The zero-order valence-corrected chi connectivity index (χ0v) is 18.6. The van der Waals surface area contributed by atoms with E-state index in [2.05, 4.69) is 59.0 Å². The highest BCUT2D eigenvalue weighted by atomic mass is 19.1. The van der Waals surface area contributed by atoms with Gasteiger partial charge in [-0.3, -0.25) is 9.80 Å². The molecule has 1 aliphatic heterocycles. The Balaban J connectivity index is 1.24. The van der Waals surface area contributed by atoms with Crippen molar-refractivity contribution >= 4 is 5.69 Å².